The van der Waals surface area contributed by atoms with Crippen LogP contribution in [0, 0.1) is 0 Å². The van der Waals surface area contributed by atoms with Gasteiger partial charge in [-0.3, -0.25) is 0 Å². The van der Waals surface area contributed by atoms with Gasteiger partial charge in [-0.1, -0.05) is 37.1 Å². The van der Waals surface area contributed by atoms with Gasteiger partial charge in [-0.25, -0.2) is 0 Å². The summed E-state index contributed by atoms with van der Waals surface area (Å²) in [4.78, 5) is 0. The summed E-state index contributed by atoms with van der Waals surface area (Å²) >= 11 is 7.89. The van der Waals surface area contributed by atoms with Gasteiger partial charge in [-0.2, -0.15) is 11.8 Å². The highest BCUT2D eigenvalue weighted by atomic mass is 35.5. The van der Waals surface area contributed by atoms with Gasteiger partial charge in [0, 0.05) is 5.75 Å². The van der Waals surface area contributed by atoms with Crippen molar-refractivity contribution in [3.63, 3.8) is 0 Å². The van der Waals surface area contributed by atoms with E-state index in [-0.39, 0.29) is 0 Å². The van der Waals surface area contributed by atoms with Gasteiger partial charge in [0.25, 0.3) is 0 Å². The number of hydrogen-bond donors (Lipinski definition) is 0. The predicted molar refractivity (Wildman–Crippen MR) is 69.2 cm³/mol. The van der Waals surface area contributed by atoms with Crippen molar-refractivity contribution >= 4 is 23.4 Å². The number of benzene rings is 1. The van der Waals surface area contributed by atoms with Crippen LogP contribution in [0.15, 0.2) is 24.3 Å². The van der Waals surface area contributed by atoms with Crippen molar-refractivity contribution in [2.45, 2.75) is 19.8 Å². The average Bonchev–Trinajstić information content (AvgIpc) is 2.25. The molecule has 0 aliphatic heterocycles. The van der Waals surface area contributed by atoms with Crippen LogP contribution in [0.25, 0.3) is 0 Å². The first kappa shape index (κ1) is 12.7. The van der Waals surface area contributed by atoms with Crippen molar-refractivity contribution in [3.05, 3.63) is 29.3 Å². The molecule has 0 spiro atoms. The molecule has 0 N–H and O–H groups in total. The lowest BCUT2D eigenvalue weighted by Gasteiger charge is -2.07. The third-order valence-electron chi connectivity index (χ3n) is 1.96. The number of ether oxygens (including phenoxy) is 1. The number of thioether (sulfide) groups is 1. The molecule has 0 fully saturated rings. The highest BCUT2D eigenvalue weighted by Crippen LogP contribution is 2.23. The Balaban J connectivity index is 2.12. The van der Waals surface area contributed by atoms with E-state index in [1.807, 2.05) is 36.0 Å². The minimum absolute atomic E-state index is 0.691. The molecule has 1 rings (SSSR count). The molecule has 0 heterocycles. The van der Waals surface area contributed by atoms with Gasteiger partial charge in [0.1, 0.15) is 5.75 Å². The molecule has 15 heavy (non-hydrogen) atoms. The minimum Gasteiger partial charge on any atom is -0.491 e. The normalized spacial score (nSPS) is 10.3. The molecule has 0 bridgehead atoms. The van der Waals surface area contributed by atoms with E-state index in [1.165, 1.54) is 18.6 Å². The smallest absolute Gasteiger partial charge is 0.137 e. The zero-order valence-electron chi connectivity index (χ0n) is 9.04. The topological polar surface area (TPSA) is 9.23 Å². The van der Waals surface area contributed by atoms with Crippen molar-refractivity contribution in [3.8, 4) is 5.75 Å². The first-order valence-corrected chi connectivity index (χ1v) is 6.83. The first-order chi connectivity index (χ1) is 7.34. The van der Waals surface area contributed by atoms with E-state index in [0.717, 1.165) is 18.1 Å². The van der Waals surface area contributed by atoms with Crippen LogP contribution < -0.4 is 4.74 Å². The number of unbranched alkanes of at least 4 members (excludes halogenated alkanes) is 1. The second-order valence-electron chi connectivity index (χ2n) is 3.24. The quantitative estimate of drug-likeness (QED) is 0.663. The second kappa shape index (κ2) is 7.89. The Labute approximate surface area is 101 Å². The average molecular weight is 245 g/mol. The van der Waals surface area contributed by atoms with Crippen LogP contribution in [0.1, 0.15) is 19.8 Å². The van der Waals surface area contributed by atoms with Crippen LogP contribution in [0.4, 0.5) is 0 Å². The summed E-state index contributed by atoms with van der Waals surface area (Å²) in [6.45, 7) is 2.94. The molecular formula is C12H17ClOS. The number of hydrogen-bond acceptors (Lipinski definition) is 2. The zero-order chi connectivity index (χ0) is 10.9. The fourth-order valence-electron chi connectivity index (χ4n) is 1.12. The van der Waals surface area contributed by atoms with Gasteiger partial charge >= 0.3 is 0 Å². The molecule has 0 amide bonds. The Hall–Kier alpha value is -0.340. The summed E-state index contributed by atoms with van der Waals surface area (Å²) < 4.78 is 5.56. The molecule has 0 aliphatic rings. The minimum atomic E-state index is 0.691. The molecule has 0 saturated carbocycles. The Kier molecular flexibility index (Phi) is 6.69. The molecule has 0 aromatic heterocycles. The van der Waals surface area contributed by atoms with Gasteiger partial charge in [-0.15, -0.1) is 0 Å². The van der Waals surface area contributed by atoms with E-state index in [9.17, 15) is 0 Å². The molecular weight excluding hydrogens is 228 g/mol. The number of rotatable bonds is 7. The van der Waals surface area contributed by atoms with Crippen LogP contribution in [0.3, 0.4) is 0 Å². The number of halogens is 1. The van der Waals surface area contributed by atoms with Crippen LogP contribution in [0.2, 0.25) is 5.02 Å². The van der Waals surface area contributed by atoms with E-state index in [2.05, 4.69) is 6.92 Å². The summed E-state index contributed by atoms with van der Waals surface area (Å²) in [7, 11) is 0. The Morgan fingerprint density at radius 2 is 2.07 bits per heavy atom. The van der Waals surface area contributed by atoms with E-state index in [0.29, 0.717) is 5.02 Å². The molecule has 1 aromatic rings. The summed E-state index contributed by atoms with van der Waals surface area (Å²) in [5.41, 5.74) is 0. The van der Waals surface area contributed by atoms with E-state index in [4.69, 9.17) is 16.3 Å². The highest BCUT2D eigenvalue weighted by Gasteiger charge is 1.98. The van der Waals surface area contributed by atoms with Crippen molar-refractivity contribution < 1.29 is 4.74 Å². The zero-order valence-corrected chi connectivity index (χ0v) is 10.6. The lowest BCUT2D eigenvalue weighted by atomic mass is 10.3. The third kappa shape index (κ3) is 5.33. The fourth-order valence-corrected chi connectivity index (χ4v) is 2.21. The first-order valence-electron chi connectivity index (χ1n) is 5.29. The van der Waals surface area contributed by atoms with E-state index < -0.39 is 0 Å². The predicted octanol–water partition coefficient (Wildman–Crippen LogP) is 4.25. The van der Waals surface area contributed by atoms with Crippen LogP contribution in [-0.4, -0.2) is 18.1 Å². The third-order valence-corrected chi connectivity index (χ3v) is 3.31. The highest BCUT2D eigenvalue weighted by molar-refractivity contribution is 7.99. The largest absolute Gasteiger partial charge is 0.491 e. The van der Waals surface area contributed by atoms with Gasteiger partial charge in [0.15, 0.2) is 0 Å². The molecule has 3 heteroatoms. The summed E-state index contributed by atoms with van der Waals surface area (Å²) in [6.07, 6.45) is 2.55. The molecule has 1 aromatic carbocycles. The molecule has 0 unspecified atom stereocenters. The van der Waals surface area contributed by atoms with Crippen molar-refractivity contribution in [2.24, 2.45) is 0 Å². The van der Waals surface area contributed by atoms with Crippen molar-refractivity contribution in [1.82, 2.24) is 0 Å². The fraction of sp³-hybridized carbons (Fsp3) is 0.500. The van der Waals surface area contributed by atoms with Gasteiger partial charge < -0.3 is 4.74 Å². The second-order valence-corrected chi connectivity index (χ2v) is 4.88. The van der Waals surface area contributed by atoms with Crippen LogP contribution >= 0.6 is 23.4 Å². The van der Waals surface area contributed by atoms with Gasteiger partial charge in [0.2, 0.25) is 0 Å². The number of para-hydroxylation sites is 1. The van der Waals surface area contributed by atoms with Gasteiger partial charge in [-0.05, 0) is 24.3 Å². The lowest BCUT2D eigenvalue weighted by Crippen LogP contribution is -2.01. The van der Waals surface area contributed by atoms with E-state index in [1.54, 1.807) is 0 Å². The standard InChI is InChI=1S/C12H17ClOS/c1-2-3-9-15-10-8-14-12-7-5-4-6-11(12)13/h4-7H,2-3,8-10H2,1H3. The maximum absolute atomic E-state index is 5.95. The molecule has 84 valence electrons. The molecule has 1 nitrogen and oxygen atoms in total. The molecule has 0 radical (unpaired) electrons. The van der Waals surface area contributed by atoms with Crippen LogP contribution in [0.5, 0.6) is 5.75 Å². The van der Waals surface area contributed by atoms with E-state index >= 15 is 0 Å². The van der Waals surface area contributed by atoms with Gasteiger partial charge in [0.05, 0.1) is 11.6 Å². The Morgan fingerprint density at radius 1 is 1.27 bits per heavy atom. The Morgan fingerprint density at radius 3 is 2.80 bits per heavy atom. The Bertz CT molecular complexity index is 278. The maximum Gasteiger partial charge on any atom is 0.137 e. The van der Waals surface area contributed by atoms with Crippen molar-refractivity contribution in [1.29, 1.82) is 0 Å². The molecule has 0 aliphatic carbocycles. The lowest BCUT2D eigenvalue weighted by molar-refractivity contribution is 0.344. The molecule has 0 saturated heterocycles. The SMILES string of the molecule is CCCCSCCOc1ccccc1Cl. The summed E-state index contributed by atoms with van der Waals surface area (Å²) in [5, 5.41) is 0.691. The van der Waals surface area contributed by atoms with Crippen molar-refractivity contribution in [2.75, 3.05) is 18.1 Å². The summed E-state index contributed by atoms with van der Waals surface area (Å²) in [6, 6.07) is 7.59. The molecule has 0 atom stereocenters. The monoisotopic (exact) mass is 244 g/mol. The maximum atomic E-state index is 5.95. The van der Waals surface area contributed by atoms with Crippen LogP contribution in [-0.2, 0) is 0 Å². The summed E-state index contributed by atoms with van der Waals surface area (Å²) in [5.74, 6) is 3.04.